The molecule has 4 aliphatic rings. The predicted molar refractivity (Wildman–Crippen MR) is 112 cm³/mol. The minimum absolute atomic E-state index is 0.305. The summed E-state index contributed by atoms with van der Waals surface area (Å²) < 4.78 is 6.41. The maximum absolute atomic E-state index is 6.41. The van der Waals surface area contributed by atoms with Crippen molar-refractivity contribution in [1.82, 2.24) is 14.7 Å². The summed E-state index contributed by atoms with van der Waals surface area (Å²) in [6.45, 7) is 19.2. The lowest BCUT2D eigenvalue weighted by Gasteiger charge is -2.46. The smallest absolute Gasteiger partial charge is 0.0832 e. The van der Waals surface area contributed by atoms with E-state index in [9.17, 15) is 0 Å². The standard InChI is InChI=1S/C23H43N3O/c1-21(2,3)25-14-7-19(8-15-25)27-20-17-24(18-20)16-12-22(4,5)26-13-6-9-23(26)10-11-23/h19-20H,6-18H2,1-5H3. The van der Waals surface area contributed by atoms with Crippen LogP contribution in [0.2, 0.25) is 0 Å². The van der Waals surface area contributed by atoms with E-state index in [4.69, 9.17) is 4.74 Å². The monoisotopic (exact) mass is 377 g/mol. The van der Waals surface area contributed by atoms with Gasteiger partial charge in [-0.05, 0) is 86.1 Å². The van der Waals surface area contributed by atoms with Crippen molar-refractivity contribution in [3.8, 4) is 0 Å². The Balaban J connectivity index is 1.14. The van der Waals surface area contributed by atoms with Gasteiger partial charge in [-0.25, -0.2) is 0 Å². The summed E-state index contributed by atoms with van der Waals surface area (Å²) in [5.41, 5.74) is 1.28. The molecule has 0 radical (unpaired) electrons. The molecule has 156 valence electrons. The summed E-state index contributed by atoms with van der Waals surface area (Å²) in [6, 6.07) is 0. The van der Waals surface area contributed by atoms with Crippen molar-refractivity contribution in [3.05, 3.63) is 0 Å². The maximum atomic E-state index is 6.41. The molecule has 4 fully saturated rings. The van der Waals surface area contributed by atoms with Gasteiger partial charge < -0.3 is 4.74 Å². The van der Waals surface area contributed by atoms with E-state index in [2.05, 4.69) is 49.3 Å². The molecule has 4 rings (SSSR count). The van der Waals surface area contributed by atoms with E-state index in [1.807, 2.05) is 0 Å². The second-order valence-electron chi connectivity index (χ2n) is 11.4. The van der Waals surface area contributed by atoms with Crippen molar-refractivity contribution in [2.75, 3.05) is 39.3 Å². The lowest BCUT2D eigenvalue weighted by molar-refractivity contribution is -0.113. The number of hydrogen-bond donors (Lipinski definition) is 0. The highest BCUT2D eigenvalue weighted by Gasteiger charge is 2.54. The van der Waals surface area contributed by atoms with E-state index in [1.165, 1.54) is 71.1 Å². The average Bonchev–Trinajstić information content (AvgIpc) is 3.19. The summed E-state index contributed by atoms with van der Waals surface area (Å²) in [7, 11) is 0. The molecule has 4 heteroatoms. The van der Waals surface area contributed by atoms with Gasteiger partial charge in [-0.1, -0.05) is 0 Å². The summed E-state index contributed by atoms with van der Waals surface area (Å²) in [5.74, 6) is 0. The minimum Gasteiger partial charge on any atom is -0.372 e. The Bertz CT molecular complexity index is 508. The fraction of sp³-hybridized carbons (Fsp3) is 1.00. The molecule has 0 unspecified atom stereocenters. The van der Waals surface area contributed by atoms with Crippen LogP contribution in [0.4, 0.5) is 0 Å². The second-order valence-corrected chi connectivity index (χ2v) is 11.4. The molecule has 0 N–H and O–H groups in total. The third kappa shape index (κ3) is 4.39. The molecule has 3 heterocycles. The Morgan fingerprint density at radius 2 is 1.56 bits per heavy atom. The van der Waals surface area contributed by atoms with Gasteiger partial charge in [-0.3, -0.25) is 14.7 Å². The van der Waals surface area contributed by atoms with Gasteiger partial charge in [0.05, 0.1) is 12.2 Å². The van der Waals surface area contributed by atoms with Gasteiger partial charge in [0.1, 0.15) is 0 Å². The van der Waals surface area contributed by atoms with E-state index >= 15 is 0 Å². The van der Waals surface area contributed by atoms with Crippen molar-refractivity contribution in [3.63, 3.8) is 0 Å². The SMILES string of the molecule is CC(C)(C)N1CCC(OC2CN(CCC(C)(C)N3CCCC34CC4)C2)CC1. The van der Waals surface area contributed by atoms with Crippen molar-refractivity contribution in [2.24, 2.45) is 0 Å². The molecular formula is C23H43N3O. The fourth-order valence-electron chi connectivity index (χ4n) is 5.84. The molecule has 27 heavy (non-hydrogen) atoms. The Morgan fingerprint density at radius 1 is 0.889 bits per heavy atom. The van der Waals surface area contributed by atoms with Crippen molar-refractivity contribution in [2.45, 2.75) is 108 Å². The molecule has 4 nitrogen and oxygen atoms in total. The van der Waals surface area contributed by atoms with Crippen LogP contribution in [0.5, 0.6) is 0 Å². The zero-order valence-electron chi connectivity index (χ0n) is 18.6. The first-order valence-electron chi connectivity index (χ1n) is 11.6. The van der Waals surface area contributed by atoms with Crippen LogP contribution in [0.25, 0.3) is 0 Å². The summed E-state index contributed by atoms with van der Waals surface area (Å²) in [4.78, 5) is 8.08. The van der Waals surface area contributed by atoms with Crippen molar-refractivity contribution in [1.29, 1.82) is 0 Å². The quantitative estimate of drug-likeness (QED) is 0.702. The summed E-state index contributed by atoms with van der Waals surface area (Å²) >= 11 is 0. The highest BCUT2D eigenvalue weighted by atomic mass is 16.5. The minimum atomic E-state index is 0.305. The van der Waals surface area contributed by atoms with Crippen molar-refractivity contribution >= 4 is 0 Å². The molecule has 1 spiro atoms. The number of rotatable bonds is 6. The number of hydrogen-bond acceptors (Lipinski definition) is 4. The topological polar surface area (TPSA) is 19.0 Å². The Hall–Kier alpha value is -0.160. The summed E-state index contributed by atoms with van der Waals surface area (Å²) in [6.07, 6.45) is 10.4. The Labute approximate surface area is 167 Å². The van der Waals surface area contributed by atoms with Crippen LogP contribution < -0.4 is 0 Å². The van der Waals surface area contributed by atoms with E-state index < -0.39 is 0 Å². The summed E-state index contributed by atoms with van der Waals surface area (Å²) in [5, 5.41) is 0. The highest BCUT2D eigenvalue weighted by molar-refractivity contribution is 5.11. The van der Waals surface area contributed by atoms with E-state index in [0.29, 0.717) is 28.8 Å². The zero-order chi connectivity index (χ0) is 19.3. The van der Waals surface area contributed by atoms with Crippen molar-refractivity contribution < 1.29 is 4.74 Å². The van der Waals surface area contributed by atoms with E-state index in [1.54, 1.807) is 0 Å². The lowest BCUT2D eigenvalue weighted by Crippen LogP contribution is -2.57. The molecule has 0 aromatic carbocycles. The van der Waals surface area contributed by atoms with Gasteiger partial charge in [0.2, 0.25) is 0 Å². The van der Waals surface area contributed by atoms with Crippen LogP contribution in [-0.2, 0) is 4.74 Å². The molecule has 0 aromatic heterocycles. The van der Waals surface area contributed by atoms with Crippen LogP contribution in [0, 0.1) is 0 Å². The van der Waals surface area contributed by atoms with Crippen LogP contribution in [0.15, 0.2) is 0 Å². The third-order valence-corrected chi connectivity index (χ3v) is 7.89. The number of ether oxygens (including phenoxy) is 1. The molecule has 0 atom stereocenters. The van der Waals surface area contributed by atoms with E-state index in [0.717, 1.165) is 13.1 Å². The third-order valence-electron chi connectivity index (χ3n) is 7.89. The van der Waals surface area contributed by atoms with Crippen LogP contribution >= 0.6 is 0 Å². The van der Waals surface area contributed by atoms with Crippen LogP contribution in [-0.4, -0.2) is 82.8 Å². The van der Waals surface area contributed by atoms with Crippen LogP contribution in [0.3, 0.4) is 0 Å². The number of piperidine rings is 1. The number of likely N-dealkylation sites (tertiary alicyclic amines) is 3. The molecule has 1 aliphatic carbocycles. The van der Waals surface area contributed by atoms with Gasteiger partial charge in [0.15, 0.2) is 0 Å². The molecule has 0 amide bonds. The first kappa shape index (κ1) is 20.1. The number of nitrogens with zero attached hydrogens (tertiary/aromatic N) is 3. The molecule has 0 bridgehead atoms. The van der Waals surface area contributed by atoms with Crippen LogP contribution in [0.1, 0.15) is 79.6 Å². The first-order valence-corrected chi connectivity index (χ1v) is 11.6. The van der Waals surface area contributed by atoms with Gasteiger partial charge in [-0.2, -0.15) is 0 Å². The largest absolute Gasteiger partial charge is 0.372 e. The lowest BCUT2D eigenvalue weighted by atomic mass is 9.95. The zero-order valence-corrected chi connectivity index (χ0v) is 18.6. The van der Waals surface area contributed by atoms with Gasteiger partial charge >= 0.3 is 0 Å². The second kappa shape index (κ2) is 7.27. The van der Waals surface area contributed by atoms with Gasteiger partial charge in [0.25, 0.3) is 0 Å². The fourth-order valence-corrected chi connectivity index (χ4v) is 5.84. The van der Waals surface area contributed by atoms with Gasteiger partial charge in [-0.15, -0.1) is 0 Å². The molecule has 0 aromatic rings. The molecular weight excluding hydrogens is 334 g/mol. The molecule has 3 saturated heterocycles. The highest BCUT2D eigenvalue weighted by Crippen LogP contribution is 2.52. The molecule has 3 aliphatic heterocycles. The normalized spacial score (nSPS) is 28.8. The van der Waals surface area contributed by atoms with E-state index in [-0.39, 0.29) is 0 Å². The molecule has 1 saturated carbocycles. The Morgan fingerprint density at radius 3 is 2.15 bits per heavy atom. The average molecular weight is 378 g/mol. The van der Waals surface area contributed by atoms with Gasteiger partial charge in [0, 0.05) is 49.3 Å². The maximum Gasteiger partial charge on any atom is 0.0832 e. The Kier molecular flexibility index (Phi) is 5.42. The first-order chi connectivity index (χ1) is 12.7. The predicted octanol–water partition coefficient (Wildman–Crippen LogP) is 3.75.